The topological polar surface area (TPSA) is 68.0 Å². The lowest BCUT2D eigenvalue weighted by Gasteiger charge is -2.03. The number of thiophene rings is 1. The number of hydrogen-bond acceptors (Lipinski definition) is 4. The number of nitrogens with two attached hydrogens (primary N) is 1. The van der Waals surface area contributed by atoms with Crippen molar-refractivity contribution in [2.75, 3.05) is 12.3 Å². The van der Waals surface area contributed by atoms with Gasteiger partial charge in [-0.1, -0.05) is 6.07 Å². The molecule has 3 N–H and O–H groups in total. The highest BCUT2D eigenvalue weighted by molar-refractivity contribution is 7.20. The van der Waals surface area contributed by atoms with Crippen molar-refractivity contribution in [2.45, 2.75) is 6.42 Å². The molecule has 0 aliphatic heterocycles. The van der Waals surface area contributed by atoms with E-state index in [1.165, 1.54) is 11.3 Å². The molecule has 0 radical (unpaired) electrons. The summed E-state index contributed by atoms with van der Waals surface area (Å²) in [6.45, 7) is 0.598. The van der Waals surface area contributed by atoms with Crippen LogP contribution in [0.2, 0.25) is 0 Å². The van der Waals surface area contributed by atoms with Gasteiger partial charge >= 0.3 is 0 Å². The Labute approximate surface area is 126 Å². The van der Waals surface area contributed by atoms with Crippen molar-refractivity contribution in [1.29, 1.82) is 0 Å². The number of pyridine rings is 1. The monoisotopic (exact) mass is 297 g/mol. The molecule has 2 aromatic heterocycles. The van der Waals surface area contributed by atoms with Gasteiger partial charge in [0.25, 0.3) is 5.91 Å². The van der Waals surface area contributed by atoms with Crippen molar-refractivity contribution in [2.24, 2.45) is 0 Å². The van der Waals surface area contributed by atoms with Crippen molar-refractivity contribution < 1.29 is 4.79 Å². The Balaban J connectivity index is 1.64. The van der Waals surface area contributed by atoms with E-state index < -0.39 is 0 Å². The number of rotatable bonds is 4. The van der Waals surface area contributed by atoms with Gasteiger partial charge in [0.15, 0.2) is 0 Å². The third kappa shape index (κ3) is 3.20. The van der Waals surface area contributed by atoms with Crippen molar-refractivity contribution in [3.63, 3.8) is 0 Å². The van der Waals surface area contributed by atoms with E-state index in [0.29, 0.717) is 17.1 Å². The van der Waals surface area contributed by atoms with Crippen LogP contribution in [-0.2, 0) is 6.42 Å². The van der Waals surface area contributed by atoms with E-state index in [9.17, 15) is 4.79 Å². The summed E-state index contributed by atoms with van der Waals surface area (Å²) in [5, 5.41) is 3.95. The maximum Gasteiger partial charge on any atom is 0.261 e. The molecule has 3 aromatic rings. The molecule has 1 amide bonds. The SMILES string of the molecule is Nc1ccc2sc(C(=O)NCCc3cccnc3)cc2c1. The molecule has 106 valence electrons. The van der Waals surface area contributed by atoms with E-state index in [0.717, 1.165) is 22.1 Å². The van der Waals surface area contributed by atoms with Gasteiger partial charge in [0.05, 0.1) is 4.88 Å². The van der Waals surface area contributed by atoms with Gasteiger partial charge in [-0.15, -0.1) is 11.3 Å². The number of nitrogens with one attached hydrogen (secondary N) is 1. The highest BCUT2D eigenvalue weighted by Gasteiger charge is 2.09. The molecule has 3 rings (SSSR count). The second kappa shape index (κ2) is 5.93. The summed E-state index contributed by atoms with van der Waals surface area (Å²) in [6, 6.07) is 11.5. The largest absolute Gasteiger partial charge is 0.399 e. The van der Waals surface area contributed by atoms with Crippen LogP contribution in [-0.4, -0.2) is 17.4 Å². The van der Waals surface area contributed by atoms with Crippen LogP contribution in [0.15, 0.2) is 48.8 Å². The quantitative estimate of drug-likeness (QED) is 0.728. The molecule has 0 atom stereocenters. The minimum Gasteiger partial charge on any atom is -0.399 e. The summed E-state index contributed by atoms with van der Waals surface area (Å²) in [5.74, 6) is -0.0429. The molecule has 21 heavy (non-hydrogen) atoms. The minimum atomic E-state index is -0.0429. The zero-order valence-corrected chi connectivity index (χ0v) is 12.2. The molecule has 1 aromatic carbocycles. The number of anilines is 1. The minimum absolute atomic E-state index is 0.0429. The van der Waals surface area contributed by atoms with Gasteiger partial charge in [-0.2, -0.15) is 0 Å². The lowest BCUT2D eigenvalue weighted by molar-refractivity contribution is 0.0958. The average molecular weight is 297 g/mol. The van der Waals surface area contributed by atoms with Crippen LogP contribution in [0.4, 0.5) is 5.69 Å². The predicted octanol–water partition coefficient (Wildman–Crippen LogP) is 2.85. The summed E-state index contributed by atoms with van der Waals surface area (Å²) in [7, 11) is 0. The lowest BCUT2D eigenvalue weighted by atomic mass is 10.2. The summed E-state index contributed by atoms with van der Waals surface area (Å²) in [5.41, 5.74) is 7.58. The summed E-state index contributed by atoms with van der Waals surface area (Å²) in [4.78, 5) is 16.9. The van der Waals surface area contributed by atoms with E-state index in [4.69, 9.17) is 5.73 Å². The molecule has 0 spiro atoms. The molecule has 0 saturated heterocycles. The number of nitrogen functional groups attached to an aromatic ring is 1. The van der Waals surface area contributed by atoms with Crippen LogP contribution in [0.3, 0.4) is 0 Å². The molecule has 5 heteroatoms. The Kier molecular flexibility index (Phi) is 3.83. The molecular formula is C16H15N3OS. The van der Waals surface area contributed by atoms with Crippen LogP contribution in [0.5, 0.6) is 0 Å². The van der Waals surface area contributed by atoms with Gasteiger partial charge in [0.2, 0.25) is 0 Å². The predicted molar refractivity (Wildman–Crippen MR) is 86.5 cm³/mol. The van der Waals surface area contributed by atoms with Crippen LogP contribution in [0.25, 0.3) is 10.1 Å². The fourth-order valence-corrected chi connectivity index (χ4v) is 3.09. The lowest BCUT2D eigenvalue weighted by Crippen LogP contribution is -2.24. The van der Waals surface area contributed by atoms with Gasteiger partial charge in [0, 0.05) is 29.3 Å². The van der Waals surface area contributed by atoms with E-state index in [-0.39, 0.29) is 5.91 Å². The summed E-state index contributed by atoms with van der Waals surface area (Å²) < 4.78 is 1.07. The normalized spacial score (nSPS) is 10.7. The fourth-order valence-electron chi connectivity index (χ4n) is 2.13. The van der Waals surface area contributed by atoms with Crippen molar-refractivity contribution in [3.8, 4) is 0 Å². The highest BCUT2D eigenvalue weighted by Crippen LogP contribution is 2.27. The zero-order valence-electron chi connectivity index (χ0n) is 11.4. The molecule has 0 fully saturated rings. The first kappa shape index (κ1) is 13.6. The van der Waals surface area contributed by atoms with E-state index >= 15 is 0 Å². The number of fused-ring (bicyclic) bond motifs is 1. The van der Waals surface area contributed by atoms with Gasteiger partial charge in [-0.3, -0.25) is 9.78 Å². The molecule has 4 nitrogen and oxygen atoms in total. The maximum absolute atomic E-state index is 12.1. The van der Waals surface area contributed by atoms with Crippen LogP contribution >= 0.6 is 11.3 Å². The zero-order chi connectivity index (χ0) is 14.7. The smallest absolute Gasteiger partial charge is 0.261 e. The number of hydrogen-bond donors (Lipinski definition) is 2. The Hall–Kier alpha value is -2.40. The Morgan fingerprint density at radius 3 is 3.00 bits per heavy atom. The van der Waals surface area contributed by atoms with E-state index in [2.05, 4.69) is 10.3 Å². The van der Waals surface area contributed by atoms with Crippen LogP contribution < -0.4 is 11.1 Å². The van der Waals surface area contributed by atoms with Gasteiger partial charge < -0.3 is 11.1 Å². The fraction of sp³-hybridized carbons (Fsp3) is 0.125. The third-order valence-electron chi connectivity index (χ3n) is 3.19. The standard InChI is InChI=1S/C16H15N3OS/c17-13-3-4-14-12(8-13)9-15(21-14)16(20)19-7-5-11-2-1-6-18-10-11/h1-4,6,8-10H,5,7,17H2,(H,19,20). The summed E-state index contributed by atoms with van der Waals surface area (Å²) in [6.07, 6.45) is 4.33. The number of carbonyl (C=O) groups is 1. The first-order valence-electron chi connectivity index (χ1n) is 6.68. The first-order valence-corrected chi connectivity index (χ1v) is 7.50. The molecule has 0 aliphatic rings. The Morgan fingerprint density at radius 1 is 1.29 bits per heavy atom. The molecular weight excluding hydrogens is 282 g/mol. The number of nitrogens with zero attached hydrogens (tertiary/aromatic N) is 1. The Bertz CT molecular complexity index is 768. The van der Waals surface area contributed by atoms with Gasteiger partial charge in [-0.05, 0) is 47.7 Å². The molecule has 0 aliphatic carbocycles. The van der Waals surface area contributed by atoms with Crippen molar-refractivity contribution in [1.82, 2.24) is 10.3 Å². The number of carbonyl (C=O) groups excluding carboxylic acids is 1. The van der Waals surface area contributed by atoms with Crippen LogP contribution in [0, 0.1) is 0 Å². The maximum atomic E-state index is 12.1. The average Bonchev–Trinajstić information content (AvgIpc) is 2.91. The number of aromatic nitrogens is 1. The summed E-state index contributed by atoms with van der Waals surface area (Å²) >= 11 is 1.48. The van der Waals surface area contributed by atoms with Crippen molar-refractivity contribution >= 4 is 33.0 Å². The van der Waals surface area contributed by atoms with E-state index in [1.54, 1.807) is 6.20 Å². The number of amides is 1. The second-order valence-corrected chi connectivity index (χ2v) is 5.86. The molecule has 0 saturated carbocycles. The van der Waals surface area contributed by atoms with E-state index in [1.807, 2.05) is 42.6 Å². The Morgan fingerprint density at radius 2 is 2.19 bits per heavy atom. The van der Waals surface area contributed by atoms with Crippen molar-refractivity contribution in [3.05, 3.63) is 59.2 Å². The number of benzene rings is 1. The molecule has 0 bridgehead atoms. The van der Waals surface area contributed by atoms with Crippen LogP contribution in [0.1, 0.15) is 15.2 Å². The first-order chi connectivity index (χ1) is 10.2. The van der Waals surface area contributed by atoms with Gasteiger partial charge in [0.1, 0.15) is 0 Å². The highest BCUT2D eigenvalue weighted by atomic mass is 32.1. The molecule has 0 unspecified atom stereocenters. The third-order valence-corrected chi connectivity index (χ3v) is 4.30. The molecule has 2 heterocycles. The van der Waals surface area contributed by atoms with Gasteiger partial charge in [-0.25, -0.2) is 0 Å². The second-order valence-electron chi connectivity index (χ2n) is 4.78.